The van der Waals surface area contributed by atoms with Gasteiger partial charge in [-0.2, -0.15) is 13.2 Å². The van der Waals surface area contributed by atoms with Crippen LogP contribution in [-0.2, 0) is 17.5 Å². The third kappa shape index (κ3) is 5.36. The summed E-state index contributed by atoms with van der Waals surface area (Å²) in [5.74, 6) is -0.564. The van der Waals surface area contributed by atoms with Crippen LogP contribution in [0.2, 0.25) is 0 Å². The number of nitrogens with zero attached hydrogens (tertiary/aromatic N) is 3. The summed E-state index contributed by atoms with van der Waals surface area (Å²) in [5, 5.41) is 5.59. The normalized spacial score (nSPS) is 14.3. The zero-order valence-corrected chi connectivity index (χ0v) is 20.1. The fraction of sp³-hybridized carbons (Fsp3) is 0.400. The Morgan fingerprint density at radius 1 is 1.19 bits per heavy atom. The molecule has 4 rings (SSSR count). The zero-order valence-electron chi connectivity index (χ0n) is 20.1. The van der Waals surface area contributed by atoms with Crippen LogP contribution in [0.5, 0.6) is 0 Å². The number of carbonyl (C=O) groups excluding carboxylic acids is 1. The number of ether oxygens (including phenoxy) is 1. The quantitative estimate of drug-likeness (QED) is 0.482. The van der Waals surface area contributed by atoms with Crippen molar-refractivity contribution in [2.24, 2.45) is 0 Å². The first-order valence-electron chi connectivity index (χ1n) is 11.6. The van der Waals surface area contributed by atoms with Gasteiger partial charge in [0, 0.05) is 38.9 Å². The van der Waals surface area contributed by atoms with Crippen LogP contribution >= 0.6 is 0 Å². The number of benzene rings is 1. The largest absolute Gasteiger partial charge is 0.416 e. The molecule has 1 aliphatic heterocycles. The van der Waals surface area contributed by atoms with E-state index >= 15 is 0 Å². The molecule has 1 saturated heterocycles. The first-order valence-corrected chi connectivity index (χ1v) is 11.6. The second-order valence-corrected chi connectivity index (χ2v) is 8.61. The highest BCUT2D eigenvalue weighted by molar-refractivity contribution is 5.97. The van der Waals surface area contributed by atoms with Gasteiger partial charge < -0.3 is 24.8 Å². The third-order valence-electron chi connectivity index (χ3n) is 6.28. The van der Waals surface area contributed by atoms with E-state index in [1.54, 1.807) is 29.9 Å². The monoisotopic (exact) mass is 503 g/mol. The van der Waals surface area contributed by atoms with Gasteiger partial charge in [0.1, 0.15) is 11.1 Å². The van der Waals surface area contributed by atoms with E-state index in [0.29, 0.717) is 50.5 Å². The first-order chi connectivity index (χ1) is 17.2. The van der Waals surface area contributed by atoms with Crippen LogP contribution in [0.3, 0.4) is 0 Å². The van der Waals surface area contributed by atoms with Crippen LogP contribution in [0.4, 0.5) is 18.9 Å². The smallest absolute Gasteiger partial charge is 0.378 e. The number of alkyl halides is 3. The third-order valence-corrected chi connectivity index (χ3v) is 6.28. The van der Waals surface area contributed by atoms with Gasteiger partial charge in [0.05, 0.1) is 36.2 Å². The minimum absolute atomic E-state index is 0.0254. The van der Waals surface area contributed by atoms with Crippen molar-refractivity contribution in [3.8, 4) is 0 Å². The molecule has 3 aromatic rings. The minimum atomic E-state index is -4.49. The van der Waals surface area contributed by atoms with Gasteiger partial charge in [-0.1, -0.05) is 12.1 Å². The Morgan fingerprint density at radius 2 is 1.94 bits per heavy atom. The Labute approximate surface area is 206 Å². The number of nitrogens with one attached hydrogen (secondary N) is 2. The van der Waals surface area contributed by atoms with Crippen LogP contribution in [0.15, 0.2) is 41.5 Å². The highest BCUT2D eigenvalue weighted by Crippen LogP contribution is 2.33. The molecule has 1 aliphatic rings. The highest BCUT2D eigenvalue weighted by Gasteiger charge is 2.33. The molecule has 2 aromatic heterocycles. The summed E-state index contributed by atoms with van der Waals surface area (Å²) >= 11 is 0. The maximum absolute atomic E-state index is 13.5. The van der Waals surface area contributed by atoms with E-state index in [1.165, 1.54) is 19.2 Å². The molecule has 36 heavy (non-hydrogen) atoms. The van der Waals surface area contributed by atoms with Crippen molar-refractivity contribution >= 4 is 22.6 Å². The molecule has 0 radical (unpaired) electrons. The number of hydrogen-bond donors (Lipinski definition) is 2. The van der Waals surface area contributed by atoms with Crippen LogP contribution < -0.4 is 21.0 Å². The molecule has 0 atom stereocenters. The number of anilines is 1. The van der Waals surface area contributed by atoms with Gasteiger partial charge in [-0.05, 0) is 37.2 Å². The summed E-state index contributed by atoms with van der Waals surface area (Å²) < 4.78 is 47.6. The second kappa shape index (κ2) is 10.7. The predicted molar refractivity (Wildman–Crippen MR) is 131 cm³/mol. The summed E-state index contributed by atoms with van der Waals surface area (Å²) in [6.45, 7) is 4.68. The SMILES string of the molecule is CNCCNC(=O)c1cn(Cc2cccc(C(F)(F)F)c2C)c2cc(N3CCOCC3)cnc2c1=O. The van der Waals surface area contributed by atoms with E-state index in [0.717, 1.165) is 11.8 Å². The lowest BCUT2D eigenvalue weighted by atomic mass is 10.0. The van der Waals surface area contributed by atoms with Crippen molar-refractivity contribution in [3.63, 3.8) is 0 Å². The highest BCUT2D eigenvalue weighted by atomic mass is 19.4. The van der Waals surface area contributed by atoms with Gasteiger partial charge in [0.2, 0.25) is 5.43 Å². The molecule has 3 heterocycles. The van der Waals surface area contributed by atoms with E-state index in [9.17, 15) is 22.8 Å². The molecule has 1 amide bonds. The zero-order chi connectivity index (χ0) is 25.9. The van der Waals surface area contributed by atoms with E-state index < -0.39 is 23.1 Å². The molecule has 192 valence electrons. The van der Waals surface area contributed by atoms with Crippen molar-refractivity contribution in [2.75, 3.05) is 51.3 Å². The average Bonchev–Trinajstić information content (AvgIpc) is 2.86. The van der Waals surface area contributed by atoms with Crippen molar-refractivity contribution in [3.05, 3.63) is 69.1 Å². The molecule has 0 aliphatic carbocycles. The second-order valence-electron chi connectivity index (χ2n) is 8.61. The molecular formula is C25H28F3N5O3. The molecule has 2 N–H and O–H groups in total. The Morgan fingerprint density at radius 3 is 2.64 bits per heavy atom. The van der Waals surface area contributed by atoms with E-state index in [-0.39, 0.29) is 23.2 Å². The lowest BCUT2D eigenvalue weighted by molar-refractivity contribution is -0.138. The number of hydrogen-bond acceptors (Lipinski definition) is 6. The minimum Gasteiger partial charge on any atom is -0.378 e. The van der Waals surface area contributed by atoms with Gasteiger partial charge >= 0.3 is 6.18 Å². The number of pyridine rings is 2. The molecular weight excluding hydrogens is 475 g/mol. The summed E-state index contributed by atoms with van der Waals surface area (Å²) in [6.07, 6.45) is -1.50. The number of aromatic nitrogens is 2. The number of likely N-dealkylation sites (N-methyl/N-ethyl adjacent to an activating group) is 1. The molecule has 11 heteroatoms. The lowest BCUT2D eigenvalue weighted by Crippen LogP contribution is -2.36. The summed E-state index contributed by atoms with van der Waals surface area (Å²) in [6, 6.07) is 5.81. The van der Waals surface area contributed by atoms with Gasteiger partial charge in [-0.3, -0.25) is 9.59 Å². The first kappa shape index (κ1) is 25.6. The van der Waals surface area contributed by atoms with Gasteiger partial charge in [-0.15, -0.1) is 0 Å². The van der Waals surface area contributed by atoms with Crippen molar-refractivity contribution in [2.45, 2.75) is 19.6 Å². The summed E-state index contributed by atoms with van der Waals surface area (Å²) in [5.41, 5.74) is 0.438. The number of amides is 1. The van der Waals surface area contributed by atoms with E-state index in [4.69, 9.17) is 4.74 Å². The van der Waals surface area contributed by atoms with Crippen molar-refractivity contribution in [1.82, 2.24) is 20.2 Å². The molecule has 1 aromatic carbocycles. The van der Waals surface area contributed by atoms with Crippen molar-refractivity contribution in [1.29, 1.82) is 0 Å². The maximum atomic E-state index is 13.5. The topological polar surface area (TPSA) is 88.5 Å². The van der Waals surface area contributed by atoms with E-state index in [1.807, 2.05) is 0 Å². The molecule has 1 fully saturated rings. The number of carbonyl (C=O) groups is 1. The summed E-state index contributed by atoms with van der Waals surface area (Å²) in [7, 11) is 1.74. The maximum Gasteiger partial charge on any atom is 0.416 e. The standard InChI is InChI=1S/C25H28F3N5O3/c1-16-17(4-3-5-20(16)25(26,27)28)14-33-15-19(24(35)30-7-6-29-2)23(34)22-21(33)12-18(13-31-22)32-8-10-36-11-9-32/h3-5,12-13,15,29H,6-11,14H2,1-2H3,(H,30,35). The number of fused-ring (bicyclic) bond motifs is 1. The van der Waals surface area contributed by atoms with Crippen molar-refractivity contribution < 1.29 is 22.7 Å². The Bertz CT molecular complexity index is 1320. The van der Waals surface area contributed by atoms with E-state index in [2.05, 4.69) is 20.5 Å². The molecule has 0 unspecified atom stereocenters. The molecule has 8 nitrogen and oxygen atoms in total. The number of morpholine rings is 1. The van der Waals surface area contributed by atoms with Crippen LogP contribution in [0, 0.1) is 6.92 Å². The number of halogens is 3. The fourth-order valence-corrected chi connectivity index (χ4v) is 4.28. The average molecular weight is 504 g/mol. The van der Waals surface area contributed by atoms with Crippen LogP contribution in [0.1, 0.15) is 27.0 Å². The Kier molecular flexibility index (Phi) is 7.60. The molecule has 0 saturated carbocycles. The van der Waals surface area contributed by atoms with Gasteiger partial charge in [0.15, 0.2) is 0 Å². The lowest BCUT2D eigenvalue weighted by Gasteiger charge is -2.29. The Hall–Kier alpha value is -3.44. The molecule has 0 bridgehead atoms. The summed E-state index contributed by atoms with van der Waals surface area (Å²) in [4.78, 5) is 32.5. The van der Waals surface area contributed by atoms with Crippen LogP contribution in [0.25, 0.3) is 11.0 Å². The predicted octanol–water partition coefficient (Wildman–Crippen LogP) is 2.56. The van der Waals surface area contributed by atoms with Crippen LogP contribution in [-0.4, -0.2) is 61.9 Å². The van der Waals surface area contributed by atoms with Gasteiger partial charge in [0.25, 0.3) is 5.91 Å². The fourth-order valence-electron chi connectivity index (χ4n) is 4.28. The van der Waals surface area contributed by atoms with Gasteiger partial charge in [-0.25, -0.2) is 4.98 Å². The Balaban J connectivity index is 1.84. The number of rotatable bonds is 7. The molecule has 0 spiro atoms.